The second-order valence-electron chi connectivity index (χ2n) is 5.27. The van der Waals surface area contributed by atoms with E-state index in [0.29, 0.717) is 23.7 Å². The Hall–Kier alpha value is -2.16. The van der Waals surface area contributed by atoms with Crippen LogP contribution in [-0.2, 0) is 11.2 Å². The van der Waals surface area contributed by atoms with E-state index in [1.54, 1.807) is 28.8 Å². The van der Waals surface area contributed by atoms with Crippen LogP contribution in [0.15, 0.2) is 47.4 Å². The average molecular weight is 359 g/mol. The summed E-state index contributed by atoms with van der Waals surface area (Å²) in [6, 6.07) is 14.9. The van der Waals surface area contributed by atoms with Gasteiger partial charge in [0.2, 0.25) is 0 Å². The van der Waals surface area contributed by atoms with Crippen LogP contribution in [0.5, 0.6) is 5.75 Å². The molecule has 0 saturated carbocycles. The van der Waals surface area contributed by atoms with Gasteiger partial charge in [0.25, 0.3) is 5.91 Å². The molecule has 0 unspecified atom stereocenters. The Bertz CT molecular complexity index is 787. The average Bonchev–Trinajstić information content (AvgIpc) is 2.60. The number of thioether (sulfide) groups is 1. The molecule has 24 heavy (non-hydrogen) atoms. The lowest BCUT2D eigenvalue weighted by Crippen LogP contribution is -2.38. The van der Waals surface area contributed by atoms with Crippen molar-refractivity contribution in [1.82, 2.24) is 0 Å². The summed E-state index contributed by atoms with van der Waals surface area (Å²) in [5.74, 6) is 1.37. The quantitative estimate of drug-likeness (QED) is 0.831. The monoisotopic (exact) mass is 358 g/mol. The Morgan fingerprint density at radius 3 is 2.83 bits per heavy atom. The van der Waals surface area contributed by atoms with Crippen LogP contribution in [0.4, 0.5) is 5.69 Å². The summed E-state index contributed by atoms with van der Waals surface area (Å²) >= 11 is 7.78. The summed E-state index contributed by atoms with van der Waals surface area (Å²) in [6.07, 6.45) is 0.363. The number of rotatable bonds is 4. The number of ether oxygens (including phenoxy) is 1. The van der Waals surface area contributed by atoms with E-state index in [2.05, 4.69) is 6.07 Å². The molecule has 6 heteroatoms. The molecule has 0 fully saturated rings. The molecule has 2 aromatic carbocycles. The molecule has 0 bridgehead atoms. The third-order valence-electron chi connectivity index (χ3n) is 3.65. The number of fused-ring (bicyclic) bond motifs is 1. The van der Waals surface area contributed by atoms with Crippen molar-refractivity contribution in [2.45, 2.75) is 11.3 Å². The molecular weight excluding hydrogens is 344 g/mol. The highest BCUT2D eigenvalue weighted by Gasteiger charge is 2.23. The second kappa shape index (κ2) is 7.61. The summed E-state index contributed by atoms with van der Waals surface area (Å²) in [5, 5.41) is 9.28. The van der Waals surface area contributed by atoms with E-state index >= 15 is 0 Å². The van der Waals surface area contributed by atoms with Crippen LogP contribution in [0.3, 0.4) is 0 Å². The molecule has 1 aliphatic heterocycles. The predicted molar refractivity (Wildman–Crippen MR) is 95.8 cm³/mol. The molecule has 2 aromatic rings. The van der Waals surface area contributed by atoms with Gasteiger partial charge >= 0.3 is 0 Å². The second-order valence-corrected chi connectivity index (χ2v) is 6.85. The number of hydrogen-bond donors (Lipinski definition) is 0. The summed E-state index contributed by atoms with van der Waals surface area (Å²) in [7, 11) is 0. The third kappa shape index (κ3) is 3.84. The first-order valence-corrected chi connectivity index (χ1v) is 8.85. The molecule has 122 valence electrons. The zero-order valence-corrected chi connectivity index (χ0v) is 14.4. The predicted octanol–water partition coefficient (Wildman–Crippen LogP) is 3.92. The lowest BCUT2D eigenvalue weighted by atomic mass is 10.2. The summed E-state index contributed by atoms with van der Waals surface area (Å²) in [6.45, 7) is 0.607. The first-order valence-electron chi connectivity index (χ1n) is 7.49. The summed E-state index contributed by atoms with van der Waals surface area (Å²) in [4.78, 5) is 15.3. The number of carbonyl (C=O) groups is 1. The van der Waals surface area contributed by atoms with Gasteiger partial charge in [0.15, 0.2) is 6.61 Å². The maximum atomic E-state index is 12.5. The number of carbonyl (C=O) groups excluding carboxylic acids is 1. The van der Waals surface area contributed by atoms with E-state index in [-0.39, 0.29) is 12.5 Å². The van der Waals surface area contributed by atoms with Crippen molar-refractivity contribution in [3.05, 3.63) is 53.1 Å². The number of hydrogen-bond acceptors (Lipinski definition) is 4. The van der Waals surface area contributed by atoms with Gasteiger partial charge in [0.1, 0.15) is 5.75 Å². The highest BCUT2D eigenvalue weighted by Crippen LogP contribution is 2.36. The number of nitrogens with zero attached hydrogens (tertiary/aromatic N) is 2. The fourth-order valence-electron chi connectivity index (χ4n) is 2.47. The Morgan fingerprint density at radius 1 is 1.29 bits per heavy atom. The number of amides is 1. The Balaban J connectivity index is 1.66. The Kier molecular flexibility index (Phi) is 5.29. The molecule has 0 N–H and O–H groups in total. The lowest BCUT2D eigenvalue weighted by Gasteiger charge is -2.29. The fraction of sp³-hybridized carbons (Fsp3) is 0.222. The summed E-state index contributed by atoms with van der Waals surface area (Å²) < 4.78 is 5.59. The van der Waals surface area contributed by atoms with Crippen LogP contribution >= 0.6 is 23.4 Å². The smallest absolute Gasteiger partial charge is 0.264 e. The van der Waals surface area contributed by atoms with Gasteiger partial charge in [-0.05, 0) is 35.9 Å². The minimum atomic E-state index is -0.0973. The van der Waals surface area contributed by atoms with Crippen LogP contribution in [0.1, 0.15) is 5.56 Å². The third-order valence-corrected chi connectivity index (χ3v) is 4.93. The maximum absolute atomic E-state index is 12.5. The normalized spacial score (nSPS) is 13.1. The van der Waals surface area contributed by atoms with E-state index in [4.69, 9.17) is 21.6 Å². The number of benzene rings is 2. The number of anilines is 1. The van der Waals surface area contributed by atoms with Crippen LogP contribution < -0.4 is 9.64 Å². The van der Waals surface area contributed by atoms with Crippen molar-refractivity contribution in [2.75, 3.05) is 23.8 Å². The Labute approximate surface area is 150 Å². The van der Waals surface area contributed by atoms with Gasteiger partial charge in [-0.2, -0.15) is 5.26 Å². The van der Waals surface area contributed by atoms with E-state index in [1.807, 2.05) is 30.3 Å². The molecule has 1 aliphatic rings. The fourth-order valence-corrected chi connectivity index (χ4v) is 3.61. The van der Waals surface area contributed by atoms with Crippen LogP contribution in [0.2, 0.25) is 5.02 Å². The number of halogens is 1. The van der Waals surface area contributed by atoms with Gasteiger partial charge in [-0.3, -0.25) is 4.79 Å². The molecule has 4 nitrogen and oxygen atoms in total. The molecule has 1 heterocycles. The van der Waals surface area contributed by atoms with Crippen molar-refractivity contribution < 1.29 is 9.53 Å². The molecule has 3 rings (SSSR count). The van der Waals surface area contributed by atoms with Crippen LogP contribution in [0.25, 0.3) is 0 Å². The zero-order valence-electron chi connectivity index (χ0n) is 12.9. The minimum Gasteiger partial charge on any atom is -0.484 e. The van der Waals surface area contributed by atoms with E-state index in [0.717, 1.165) is 21.9 Å². The van der Waals surface area contributed by atoms with E-state index < -0.39 is 0 Å². The van der Waals surface area contributed by atoms with E-state index in [9.17, 15) is 4.79 Å². The SMILES string of the molecule is N#CCc1ccc(OCC(=O)N2CCSc3ccc(Cl)cc32)cc1. The molecule has 0 aliphatic carbocycles. The van der Waals surface area contributed by atoms with Gasteiger partial charge in [-0.25, -0.2) is 0 Å². The van der Waals surface area contributed by atoms with Crippen molar-refractivity contribution in [3.63, 3.8) is 0 Å². The largest absolute Gasteiger partial charge is 0.484 e. The molecule has 0 saturated heterocycles. The molecule has 0 radical (unpaired) electrons. The first kappa shape index (κ1) is 16.7. The van der Waals surface area contributed by atoms with Crippen LogP contribution in [-0.4, -0.2) is 24.8 Å². The van der Waals surface area contributed by atoms with Gasteiger partial charge in [-0.15, -0.1) is 11.8 Å². The van der Waals surface area contributed by atoms with Crippen molar-refractivity contribution in [3.8, 4) is 11.8 Å². The highest BCUT2D eigenvalue weighted by atomic mass is 35.5. The first-order chi connectivity index (χ1) is 11.7. The standard InChI is InChI=1S/C18H15ClN2O2S/c19-14-3-6-17-16(11-14)21(9-10-24-17)18(22)12-23-15-4-1-13(2-5-15)7-8-20/h1-6,11H,7,9-10,12H2. The van der Waals surface area contributed by atoms with Gasteiger partial charge < -0.3 is 9.64 Å². The Morgan fingerprint density at radius 2 is 2.08 bits per heavy atom. The van der Waals surface area contributed by atoms with Crippen molar-refractivity contribution in [2.24, 2.45) is 0 Å². The molecule has 1 amide bonds. The van der Waals surface area contributed by atoms with Gasteiger partial charge in [-0.1, -0.05) is 23.7 Å². The molecule has 0 spiro atoms. The molecule has 0 aromatic heterocycles. The maximum Gasteiger partial charge on any atom is 0.264 e. The minimum absolute atomic E-state index is 0.0335. The van der Waals surface area contributed by atoms with Gasteiger partial charge in [0.05, 0.1) is 18.2 Å². The van der Waals surface area contributed by atoms with Gasteiger partial charge in [0, 0.05) is 22.2 Å². The lowest BCUT2D eigenvalue weighted by molar-refractivity contribution is -0.120. The van der Waals surface area contributed by atoms with Crippen molar-refractivity contribution >= 4 is 35.0 Å². The highest BCUT2D eigenvalue weighted by molar-refractivity contribution is 7.99. The molecular formula is C18H15ClN2O2S. The van der Waals surface area contributed by atoms with Crippen LogP contribution in [0, 0.1) is 11.3 Å². The van der Waals surface area contributed by atoms with Crippen molar-refractivity contribution in [1.29, 1.82) is 5.26 Å². The topological polar surface area (TPSA) is 53.3 Å². The van der Waals surface area contributed by atoms with E-state index in [1.165, 1.54) is 0 Å². The molecule has 0 atom stereocenters. The number of nitriles is 1. The zero-order chi connectivity index (χ0) is 16.9. The summed E-state index contributed by atoms with van der Waals surface area (Å²) in [5.41, 5.74) is 1.77.